The summed E-state index contributed by atoms with van der Waals surface area (Å²) in [6.07, 6.45) is 7.17. The third kappa shape index (κ3) is 5.34. The Morgan fingerprint density at radius 1 is 1.06 bits per heavy atom. The van der Waals surface area contributed by atoms with E-state index in [1.807, 2.05) is 66.8 Å². The van der Waals surface area contributed by atoms with Gasteiger partial charge in [0.1, 0.15) is 24.7 Å². The first kappa shape index (κ1) is 20.7. The predicted molar refractivity (Wildman–Crippen MR) is 118 cm³/mol. The molecule has 0 bridgehead atoms. The highest BCUT2D eigenvalue weighted by molar-refractivity contribution is 5.87. The maximum absolute atomic E-state index is 11.0. The third-order valence-corrected chi connectivity index (χ3v) is 5.72. The minimum absolute atomic E-state index is 0.0429. The normalized spacial score (nSPS) is 21.8. The van der Waals surface area contributed by atoms with E-state index in [2.05, 4.69) is 0 Å². The summed E-state index contributed by atoms with van der Waals surface area (Å²) in [4.78, 5) is 11.0. The van der Waals surface area contributed by atoms with Gasteiger partial charge in [-0.05, 0) is 60.2 Å². The first-order chi connectivity index (χ1) is 15.0. The van der Waals surface area contributed by atoms with Crippen LogP contribution in [0.1, 0.15) is 29.9 Å². The van der Waals surface area contributed by atoms with Gasteiger partial charge >= 0.3 is 5.97 Å². The standard InChI is InChI=1S/C25H26N2O4/c26-19-7-3-18(4-8-19)24(27)15-31-20-9-1-16(2-10-20)14-30-21-11-5-17(6-12-21)22-13-23(22)25(28)29/h1-3,5-12,18,22-23,27H,4,13-15,26H2,(H,28,29)/t18?,22-,23-/m1/s1. The maximum Gasteiger partial charge on any atom is 0.307 e. The van der Waals surface area contributed by atoms with Crippen LogP contribution in [0.15, 0.2) is 72.5 Å². The van der Waals surface area contributed by atoms with Gasteiger partial charge in [-0.3, -0.25) is 4.79 Å². The summed E-state index contributed by atoms with van der Waals surface area (Å²) in [6, 6.07) is 15.3. The molecular weight excluding hydrogens is 392 g/mol. The van der Waals surface area contributed by atoms with E-state index >= 15 is 0 Å². The van der Waals surface area contributed by atoms with E-state index in [1.165, 1.54) is 0 Å². The number of hydrogen-bond acceptors (Lipinski definition) is 5. The number of carboxylic acids is 1. The van der Waals surface area contributed by atoms with Crippen LogP contribution in [0.25, 0.3) is 0 Å². The second-order valence-corrected chi connectivity index (χ2v) is 8.01. The number of carbonyl (C=O) groups is 1. The average molecular weight is 418 g/mol. The highest BCUT2D eigenvalue weighted by atomic mass is 16.5. The summed E-state index contributed by atoms with van der Waals surface area (Å²) in [5.74, 6) is 0.671. The van der Waals surface area contributed by atoms with Gasteiger partial charge in [-0.1, -0.05) is 36.4 Å². The quantitative estimate of drug-likeness (QED) is 0.527. The number of hydrogen-bond donors (Lipinski definition) is 3. The Bertz CT molecular complexity index is 1010. The molecular formula is C25H26N2O4. The maximum atomic E-state index is 11.0. The molecule has 31 heavy (non-hydrogen) atoms. The van der Waals surface area contributed by atoms with Crippen molar-refractivity contribution in [2.24, 2.45) is 17.6 Å². The van der Waals surface area contributed by atoms with Crippen LogP contribution < -0.4 is 15.2 Å². The largest absolute Gasteiger partial charge is 0.489 e. The second kappa shape index (κ2) is 9.08. The van der Waals surface area contributed by atoms with Gasteiger partial charge < -0.3 is 25.7 Å². The highest BCUT2D eigenvalue weighted by Crippen LogP contribution is 2.47. The molecule has 1 fully saturated rings. The number of ether oxygens (including phenoxy) is 2. The Hall–Kier alpha value is -3.54. The summed E-state index contributed by atoms with van der Waals surface area (Å²) < 4.78 is 11.6. The summed E-state index contributed by atoms with van der Waals surface area (Å²) in [5.41, 5.74) is 9.05. The minimum atomic E-state index is -0.720. The van der Waals surface area contributed by atoms with Crippen molar-refractivity contribution in [3.8, 4) is 11.5 Å². The van der Waals surface area contributed by atoms with Gasteiger partial charge in [0.15, 0.2) is 0 Å². The van der Waals surface area contributed by atoms with E-state index in [0.29, 0.717) is 24.5 Å². The predicted octanol–water partition coefficient (Wildman–Crippen LogP) is 4.27. The smallest absolute Gasteiger partial charge is 0.307 e. The molecule has 2 aromatic rings. The van der Waals surface area contributed by atoms with Crippen molar-refractivity contribution < 1.29 is 19.4 Å². The molecule has 0 saturated heterocycles. The zero-order valence-electron chi connectivity index (χ0n) is 17.2. The number of allylic oxidation sites excluding steroid dienone is 3. The number of carboxylic acid groups (broad SMARTS) is 1. The number of aliphatic carboxylic acids is 1. The van der Waals surface area contributed by atoms with Crippen molar-refractivity contribution in [2.75, 3.05) is 6.61 Å². The fourth-order valence-electron chi connectivity index (χ4n) is 3.66. The van der Waals surface area contributed by atoms with Gasteiger partial charge in [-0.25, -0.2) is 0 Å². The van der Waals surface area contributed by atoms with Gasteiger partial charge in [0.25, 0.3) is 0 Å². The minimum Gasteiger partial charge on any atom is -0.489 e. The molecule has 0 amide bonds. The van der Waals surface area contributed by atoms with Crippen LogP contribution in [-0.2, 0) is 11.4 Å². The van der Waals surface area contributed by atoms with Gasteiger partial charge in [-0.15, -0.1) is 0 Å². The van der Waals surface area contributed by atoms with Crippen molar-refractivity contribution in [1.82, 2.24) is 0 Å². The first-order valence-electron chi connectivity index (χ1n) is 10.4. The fourth-order valence-corrected chi connectivity index (χ4v) is 3.66. The second-order valence-electron chi connectivity index (χ2n) is 8.01. The van der Waals surface area contributed by atoms with Crippen LogP contribution in [0.3, 0.4) is 0 Å². The molecule has 0 aromatic heterocycles. The zero-order chi connectivity index (χ0) is 21.8. The lowest BCUT2D eigenvalue weighted by atomic mass is 9.95. The molecule has 2 aliphatic carbocycles. The summed E-state index contributed by atoms with van der Waals surface area (Å²) >= 11 is 0. The lowest BCUT2D eigenvalue weighted by molar-refractivity contribution is -0.138. The lowest BCUT2D eigenvalue weighted by Gasteiger charge is -2.16. The third-order valence-electron chi connectivity index (χ3n) is 5.72. The van der Waals surface area contributed by atoms with Crippen LogP contribution in [0, 0.1) is 17.2 Å². The first-order valence-corrected chi connectivity index (χ1v) is 10.4. The Kier molecular flexibility index (Phi) is 6.07. The molecule has 1 saturated carbocycles. The Morgan fingerprint density at radius 2 is 1.74 bits per heavy atom. The van der Waals surface area contributed by atoms with Crippen molar-refractivity contribution in [3.05, 3.63) is 83.6 Å². The molecule has 3 atom stereocenters. The van der Waals surface area contributed by atoms with E-state index in [1.54, 1.807) is 0 Å². The van der Waals surface area contributed by atoms with Crippen LogP contribution in [0.5, 0.6) is 11.5 Å². The SMILES string of the molecule is N=C(COc1ccc(COc2ccc([C@H]3C[C@H]3C(=O)O)cc2)cc1)C1C=CC(N)=CC1. The van der Waals surface area contributed by atoms with Gasteiger partial charge in [0, 0.05) is 11.6 Å². The number of nitrogens with one attached hydrogen (secondary N) is 1. The molecule has 0 heterocycles. The van der Waals surface area contributed by atoms with E-state index in [4.69, 9.17) is 25.7 Å². The van der Waals surface area contributed by atoms with Gasteiger partial charge in [0.05, 0.1) is 11.6 Å². The van der Waals surface area contributed by atoms with E-state index in [0.717, 1.165) is 29.0 Å². The fraction of sp³-hybridized carbons (Fsp3) is 0.280. The zero-order valence-corrected chi connectivity index (χ0v) is 17.2. The molecule has 4 rings (SSSR count). The summed E-state index contributed by atoms with van der Waals surface area (Å²) in [5, 5.41) is 17.2. The number of nitrogens with two attached hydrogens (primary N) is 1. The topological polar surface area (TPSA) is 106 Å². The molecule has 4 N–H and O–H groups in total. The van der Waals surface area contributed by atoms with Crippen molar-refractivity contribution in [2.45, 2.75) is 25.4 Å². The van der Waals surface area contributed by atoms with Gasteiger partial charge in [0.2, 0.25) is 0 Å². The number of rotatable bonds is 9. The van der Waals surface area contributed by atoms with Crippen LogP contribution in [-0.4, -0.2) is 23.4 Å². The molecule has 160 valence electrons. The Balaban J connectivity index is 1.22. The van der Waals surface area contributed by atoms with Crippen LogP contribution >= 0.6 is 0 Å². The van der Waals surface area contributed by atoms with Crippen LogP contribution in [0.4, 0.5) is 0 Å². The molecule has 1 unspecified atom stereocenters. The molecule has 0 radical (unpaired) electrons. The molecule has 6 nitrogen and oxygen atoms in total. The highest BCUT2D eigenvalue weighted by Gasteiger charge is 2.44. The van der Waals surface area contributed by atoms with Crippen molar-refractivity contribution >= 4 is 11.7 Å². The monoisotopic (exact) mass is 418 g/mol. The molecule has 2 aromatic carbocycles. The molecule has 0 spiro atoms. The molecule has 0 aliphatic heterocycles. The van der Waals surface area contributed by atoms with E-state index < -0.39 is 5.97 Å². The van der Waals surface area contributed by atoms with Crippen molar-refractivity contribution in [1.29, 1.82) is 5.41 Å². The Labute approximate surface area is 181 Å². The molecule has 2 aliphatic rings. The Morgan fingerprint density at radius 3 is 2.35 bits per heavy atom. The molecule has 6 heteroatoms. The van der Waals surface area contributed by atoms with Crippen LogP contribution in [0.2, 0.25) is 0 Å². The van der Waals surface area contributed by atoms with Crippen molar-refractivity contribution in [3.63, 3.8) is 0 Å². The summed E-state index contributed by atoms with van der Waals surface area (Å²) in [6.45, 7) is 0.673. The average Bonchev–Trinajstić information content (AvgIpc) is 3.59. The lowest BCUT2D eigenvalue weighted by Crippen LogP contribution is -2.20. The van der Waals surface area contributed by atoms with Gasteiger partial charge in [-0.2, -0.15) is 0 Å². The number of benzene rings is 2. The summed E-state index contributed by atoms with van der Waals surface area (Å²) in [7, 11) is 0. The van der Waals surface area contributed by atoms with E-state index in [9.17, 15) is 4.79 Å². The van der Waals surface area contributed by atoms with E-state index in [-0.39, 0.29) is 24.4 Å².